The normalized spacial score (nSPS) is 12.2. The predicted octanol–water partition coefficient (Wildman–Crippen LogP) is 2.77. The lowest BCUT2D eigenvalue weighted by atomic mass is 10.1. The van der Waals surface area contributed by atoms with Crippen LogP contribution >= 0.6 is 0 Å². The largest absolute Gasteiger partial charge is 0.466 e. The molecule has 1 unspecified atom stereocenters. The number of esters is 2. The molecule has 0 radical (unpaired) electrons. The van der Waals surface area contributed by atoms with Gasteiger partial charge in [-0.05, 0) is 25.9 Å². The first-order chi connectivity index (χ1) is 10.1. The van der Waals surface area contributed by atoms with Crippen molar-refractivity contribution in [3.05, 3.63) is 0 Å². The molecule has 0 fully saturated rings. The molecule has 5 heteroatoms. The van der Waals surface area contributed by atoms with Gasteiger partial charge in [-0.25, -0.2) is 0 Å². The summed E-state index contributed by atoms with van der Waals surface area (Å²) < 4.78 is 10.4. The molecule has 0 heterocycles. The van der Waals surface area contributed by atoms with Crippen molar-refractivity contribution < 1.29 is 19.1 Å². The highest BCUT2D eigenvalue weighted by Gasteiger charge is 2.28. The molecule has 0 aliphatic rings. The fourth-order valence-electron chi connectivity index (χ4n) is 1.99. The molecule has 0 rings (SSSR count). The van der Waals surface area contributed by atoms with Crippen molar-refractivity contribution in [3.8, 4) is 0 Å². The first-order valence-electron chi connectivity index (χ1n) is 8.16. The van der Waals surface area contributed by atoms with Gasteiger partial charge in [-0.15, -0.1) is 0 Å². The van der Waals surface area contributed by atoms with E-state index >= 15 is 0 Å². The summed E-state index contributed by atoms with van der Waals surface area (Å²) in [4.78, 5) is 26.0. The van der Waals surface area contributed by atoms with Gasteiger partial charge in [0.25, 0.3) is 0 Å². The number of nitrogens with zero attached hydrogens (tertiary/aromatic N) is 1. The molecule has 0 aromatic heterocycles. The van der Waals surface area contributed by atoms with Crippen molar-refractivity contribution in [2.45, 2.75) is 65.8 Å². The zero-order valence-corrected chi connectivity index (χ0v) is 14.0. The summed E-state index contributed by atoms with van der Waals surface area (Å²) in [6.45, 7) is 10.3. The van der Waals surface area contributed by atoms with Crippen LogP contribution in [0.15, 0.2) is 0 Å². The highest BCUT2D eigenvalue weighted by Crippen LogP contribution is 2.09. The van der Waals surface area contributed by atoms with E-state index in [0.29, 0.717) is 26.3 Å². The summed E-state index contributed by atoms with van der Waals surface area (Å²) in [7, 11) is 0. The lowest BCUT2D eigenvalue weighted by molar-refractivity contribution is -0.156. The molecule has 0 spiro atoms. The van der Waals surface area contributed by atoms with E-state index in [4.69, 9.17) is 9.47 Å². The fourth-order valence-corrected chi connectivity index (χ4v) is 1.99. The van der Waals surface area contributed by atoms with Gasteiger partial charge in [-0.1, -0.05) is 40.5 Å². The molecule has 0 saturated heterocycles. The van der Waals surface area contributed by atoms with Crippen LogP contribution < -0.4 is 0 Å². The van der Waals surface area contributed by atoms with Crippen molar-refractivity contribution >= 4 is 11.9 Å². The van der Waals surface area contributed by atoms with Gasteiger partial charge in [0.2, 0.25) is 0 Å². The number of likely N-dealkylation sites (N-methyl/N-ethyl adjacent to an activating group) is 1. The van der Waals surface area contributed by atoms with Crippen LogP contribution in [0.25, 0.3) is 0 Å². The van der Waals surface area contributed by atoms with Crippen molar-refractivity contribution in [3.63, 3.8) is 0 Å². The summed E-state index contributed by atoms with van der Waals surface area (Å²) in [5.41, 5.74) is 0. The standard InChI is InChI=1S/C16H31NO4/c1-5-9-11-20-15(18)13-14(17(7-3)8-4)16(19)21-12-10-6-2/h14H,5-13H2,1-4H3. The van der Waals surface area contributed by atoms with E-state index in [9.17, 15) is 9.59 Å². The Bertz CT molecular complexity index is 290. The molecule has 21 heavy (non-hydrogen) atoms. The van der Waals surface area contributed by atoms with Gasteiger partial charge >= 0.3 is 11.9 Å². The summed E-state index contributed by atoms with van der Waals surface area (Å²) in [6, 6.07) is -0.536. The average Bonchev–Trinajstić information content (AvgIpc) is 2.47. The van der Waals surface area contributed by atoms with Crippen LogP contribution in [0.2, 0.25) is 0 Å². The number of carbonyl (C=O) groups excluding carboxylic acids is 2. The second-order valence-corrected chi connectivity index (χ2v) is 5.04. The van der Waals surface area contributed by atoms with E-state index in [2.05, 4.69) is 0 Å². The maximum Gasteiger partial charge on any atom is 0.323 e. The maximum absolute atomic E-state index is 12.2. The van der Waals surface area contributed by atoms with Crippen LogP contribution in [0.5, 0.6) is 0 Å². The molecule has 5 nitrogen and oxygen atoms in total. The van der Waals surface area contributed by atoms with E-state index in [1.807, 2.05) is 32.6 Å². The smallest absolute Gasteiger partial charge is 0.323 e. The van der Waals surface area contributed by atoms with Crippen LogP contribution in [-0.4, -0.2) is 49.2 Å². The lowest BCUT2D eigenvalue weighted by Crippen LogP contribution is -2.43. The third-order valence-electron chi connectivity index (χ3n) is 3.39. The van der Waals surface area contributed by atoms with Gasteiger partial charge < -0.3 is 9.47 Å². The zero-order valence-electron chi connectivity index (χ0n) is 14.0. The number of unbranched alkanes of at least 4 members (excludes halogenated alkanes) is 2. The van der Waals surface area contributed by atoms with E-state index in [1.165, 1.54) is 0 Å². The molecule has 1 atom stereocenters. The van der Waals surface area contributed by atoms with Crippen LogP contribution in [0.3, 0.4) is 0 Å². The SMILES string of the molecule is CCCCOC(=O)CC(C(=O)OCCCC)N(CC)CC. The average molecular weight is 301 g/mol. The monoisotopic (exact) mass is 301 g/mol. The third-order valence-corrected chi connectivity index (χ3v) is 3.39. The van der Waals surface area contributed by atoms with Crippen LogP contribution in [0, 0.1) is 0 Å². The van der Waals surface area contributed by atoms with E-state index in [0.717, 1.165) is 25.7 Å². The molecule has 0 N–H and O–H groups in total. The predicted molar refractivity (Wildman–Crippen MR) is 83.1 cm³/mol. The second kappa shape index (κ2) is 12.6. The second-order valence-electron chi connectivity index (χ2n) is 5.04. The molecule has 0 amide bonds. The number of hydrogen-bond donors (Lipinski definition) is 0. The van der Waals surface area contributed by atoms with Crippen molar-refractivity contribution in [1.29, 1.82) is 0 Å². The molecule has 0 aromatic rings. The lowest BCUT2D eigenvalue weighted by Gasteiger charge is -2.27. The fraction of sp³-hybridized carbons (Fsp3) is 0.875. The minimum Gasteiger partial charge on any atom is -0.466 e. The Labute approximate surface area is 129 Å². The van der Waals surface area contributed by atoms with Gasteiger partial charge in [0, 0.05) is 0 Å². The van der Waals surface area contributed by atoms with E-state index in [-0.39, 0.29) is 18.4 Å². The Morgan fingerprint density at radius 1 is 0.905 bits per heavy atom. The summed E-state index contributed by atoms with van der Waals surface area (Å²) in [5, 5.41) is 0. The molecule has 0 aliphatic carbocycles. The zero-order chi connectivity index (χ0) is 16.1. The third kappa shape index (κ3) is 8.71. The Morgan fingerprint density at radius 3 is 1.90 bits per heavy atom. The number of carbonyl (C=O) groups is 2. The molecule has 0 aromatic carbocycles. The topological polar surface area (TPSA) is 55.8 Å². The summed E-state index contributed by atoms with van der Waals surface area (Å²) in [5.74, 6) is -0.646. The molecule has 0 saturated carbocycles. The summed E-state index contributed by atoms with van der Waals surface area (Å²) in [6.07, 6.45) is 3.71. The maximum atomic E-state index is 12.2. The molecule has 0 bridgehead atoms. The van der Waals surface area contributed by atoms with Crippen LogP contribution in [0.1, 0.15) is 59.8 Å². The Hall–Kier alpha value is -1.10. The minimum absolute atomic E-state index is 0.0658. The Balaban J connectivity index is 4.50. The van der Waals surface area contributed by atoms with Gasteiger partial charge in [0.1, 0.15) is 6.04 Å². The minimum atomic E-state index is -0.536. The van der Waals surface area contributed by atoms with Gasteiger partial charge in [0.05, 0.1) is 19.6 Å². The van der Waals surface area contributed by atoms with Crippen molar-refractivity contribution in [2.24, 2.45) is 0 Å². The van der Waals surface area contributed by atoms with Crippen LogP contribution in [0.4, 0.5) is 0 Å². The van der Waals surface area contributed by atoms with Gasteiger partial charge in [-0.3, -0.25) is 14.5 Å². The van der Waals surface area contributed by atoms with E-state index in [1.54, 1.807) is 0 Å². The highest BCUT2D eigenvalue weighted by atomic mass is 16.5. The summed E-state index contributed by atoms with van der Waals surface area (Å²) >= 11 is 0. The number of hydrogen-bond acceptors (Lipinski definition) is 5. The van der Waals surface area contributed by atoms with Crippen LogP contribution in [-0.2, 0) is 19.1 Å². The number of rotatable bonds is 12. The Morgan fingerprint density at radius 2 is 1.43 bits per heavy atom. The van der Waals surface area contributed by atoms with Crippen molar-refractivity contribution in [2.75, 3.05) is 26.3 Å². The molecule has 0 aliphatic heterocycles. The number of ether oxygens (including phenoxy) is 2. The highest BCUT2D eigenvalue weighted by molar-refractivity contribution is 5.82. The van der Waals surface area contributed by atoms with Gasteiger partial charge in [0.15, 0.2) is 0 Å². The first kappa shape index (κ1) is 19.9. The molecule has 124 valence electrons. The molecular formula is C16H31NO4. The van der Waals surface area contributed by atoms with E-state index < -0.39 is 6.04 Å². The van der Waals surface area contributed by atoms with Gasteiger partial charge in [-0.2, -0.15) is 0 Å². The quantitative estimate of drug-likeness (QED) is 0.410. The first-order valence-corrected chi connectivity index (χ1v) is 8.16. The Kier molecular flexibility index (Phi) is 12.0. The van der Waals surface area contributed by atoms with Crippen molar-refractivity contribution in [1.82, 2.24) is 4.90 Å². The molecular weight excluding hydrogens is 270 g/mol.